The maximum Gasteiger partial charge on any atom is 0.0159 e. The lowest BCUT2D eigenvalue weighted by Gasteiger charge is -2.25. The first kappa shape index (κ1) is 40.7. The van der Waals surface area contributed by atoms with Gasteiger partial charge in [-0.2, -0.15) is 0 Å². The average Bonchev–Trinajstić information content (AvgIpc) is 3.78. The minimum Gasteiger partial charge on any atom is -0.0622 e. The van der Waals surface area contributed by atoms with E-state index in [2.05, 4.69) is 258 Å². The van der Waals surface area contributed by atoms with Crippen molar-refractivity contribution in [1.29, 1.82) is 0 Å². The Kier molecular flexibility index (Phi) is 8.78. The van der Waals surface area contributed by atoms with Crippen molar-refractivity contribution in [2.45, 2.75) is 38.5 Å². The van der Waals surface area contributed by atoms with Crippen LogP contribution in [0.15, 0.2) is 231 Å². The van der Waals surface area contributed by atoms with Gasteiger partial charge in [-0.25, -0.2) is 0 Å². The second kappa shape index (κ2) is 15.1. The molecule has 0 nitrogen and oxygen atoms in total. The molecule has 0 fully saturated rings. The van der Waals surface area contributed by atoms with Gasteiger partial charge in [0.1, 0.15) is 0 Å². The Balaban J connectivity index is 1.11. The van der Waals surface area contributed by atoms with Gasteiger partial charge in [-0.05, 0) is 186 Å². The molecule has 70 heavy (non-hydrogen) atoms. The zero-order valence-electron chi connectivity index (χ0n) is 39.9. The van der Waals surface area contributed by atoms with Gasteiger partial charge in [0.05, 0.1) is 0 Å². The molecule has 12 aromatic rings. The van der Waals surface area contributed by atoms with E-state index < -0.39 is 0 Å². The predicted octanol–water partition coefficient (Wildman–Crippen LogP) is 19.2. The van der Waals surface area contributed by atoms with E-state index in [1.165, 1.54) is 143 Å². The smallest absolute Gasteiger partial charge is 0.0159 e. The van der Waals surface area contributed by atoms with Crippen LogP contribution in [0, 0.1) is 0 Å². The third kappa shape index (κ3) is 6.03. The Morgan fingerprint density at radius 2 is 0.614 bits per heavy atom. The van der Waals surface area contributed by atoms with Crippen LogP contribution in [0.1, 0.15) is 49.9 Å². The number of hydrogen-bond acceptors (Lipinski definition) is 0. The third-order valence-corrected chi connectivity index (χ3v) is 16.2. The summed E-state index contributed by atoms with van der Waals surface area (Å²) in [5.74, 6) is 0. The lowest BCUT2D eigenvalue weighted by atomic mass is 9.78. The summed E-state index contributed by atoms with van der Waals surface area (Å²) in [6, 6.07) is 87.4. The molecular weight excluding hydrogens is 841 g/mol. The summed E-state index contributed by atoms with van der Waals surface area (Å²) < 4.78 is 0. The third-order valence-electron chi connectivity index (χ3n) is 16.2. The van der Waals surface area contributed by atoms with E-state index in [1.807, 2.05) is 0 Å². The molecule has 0 aliphatic heterocycles. The Hall–Kier alpha value is -8.32. The highest BCUT2D eigenvalue weighted by molar-refractivity contribution is 6.23. The topological polar surface area (TPSA) is 0 Å². The van der Waals surface area contributed by atoms with Gasteiger partial charge in [0.25, 0.3) is 0 Å². The highest BCUT2D eigenvalue weighted by Gasteiger charge is 2.37. The first-order chi connectivity index (χ1) is 34.2. The lowest BCUT2D eigenvalue weighted by molar-refractivity contribution is 0.660. The summed E-state index contributed by atoms with van der Waals surface area (Å²) in [6.45, 7) is 9.61. The highest BCUT2D eigenvalue weighted by Crippen LogP contribution is 2.55. The normalized spacial score (nSPS) is 13.9. The molecule has 2 aliphatic carbocycles. The van der Waals surface area contributed by atoms with Crippen molar-refractivity contribution in [2.75, 3.05) is 0 Å². The monoisotopic (exact) mass is 890 g/mol. The van der Waals surface area contributed by atoms with E-state index in [9.17, 15) is 0 Å². The fourth-order valence-corrected chi connectivity index (χ4v) is 12.6. The molecule has 14 rings (SSSR count). The summed E-state index contributed by atoms with van der Waals surface area (Å²) in [4.78, 5) is 0. The van der Waals surface area contributed by atoms with Crippen molar-refractivity contribution in [1.82, 2.24) is 0 Å². The van der Waals surface area contributed by atoms with Crippen LogP contribution in [-0.2, 0) is 10.8 Å². The maximum atomic E-state index is 2.54. The predicted molar refractivity (Wildman–Crippen MR) is 299 cm³/mol. The van der Waals surface area contributed by atoms with Gasteiger partial charge in [0, 0.05) is 10.8 Å². The molecule has 12 aromatic carbocycles. The van der Waals surface area contributed by atoms with Crippen LogP contribution in [0.2, 0.25) is 0 Å². The fourth-order valence-electron chi connectivity index (χ4n) is 12.6. The first-order valence-electron chi connectivity index (χ1n) is 24.8. The maximum absolute atomic E-state index is 2.54. The van der Waals surface area contributed by atoms with Gasteiger partial charge in [0.2, 0.25) is 0 Å². The number of rotatable bonds is 5. The molecule has 0 saturated heterocycles. The summed E-state index contributed by atoms with van der Waals surface area (Å²) in [5, 5.41) is 9.99. The van der Waals surface area contributed by atoms with Crippen molar-refractivity contribution in [3.8, 4) is 77.9 Å². The van der Waals surface area contributed by atoms with Crippen LogP contribution in [0.25, 0.3) is 121 Å². The molecule has 0 spiro atoms. The molecule has 0 N–H and O–H groups in total. The molecule has 0 saturated carbocycles. The van der Waals surface area contributed by atoms with E-state index in [0.29, 0.717) is 0 Å². The Bertz CT molecular complexity index is 4160. The van der Waals surface area contributed by atoms with Gasteiger partial charge >= 0.3 is 0 Å². The van der Waals surface area contributed by atoms with Crippen LogP contribution < -0.4 is 0 Å². The quantitative estimate of drug-likeness (QED) is 0.151. The minimum absolute atomic E-state index is 0.161. The molecule has 0 amide bonds. The zero-order chi connectivity index (χ0) is 46.9. The van der Waals surface area contributed by atoms with E-state index in [4.69, 9.17) is 0 Å². The minimum atomic E-state index is -0.164. The second-order valence-electron chi connectivity index (χ2n) is 20.8. The fraction of sp³-hybridized carbons (Fsp3) is 0.0857. The number of benzene rings is 12. The standard InChI is InChI=1S/C70H50/c1-69(2)63-24-14-12-22-55(63)57-34-30-51(41-65(57)69)67-61-39-49(48-27-26-43-16-8-9-19-45(43)36-48)28-32-53(61)54-33-29-50(60-38-47-21-11-10-20-46(47)37-59(60)44-17-6-5-7-18-44)40-62(54)68(67)52-31-35-58-56-23-13-15-25-64(56)70(3,4)66(58)42-52/h5-42H,1-4H3. The molecule has 0 aromatic heterocycles. The summed E-state index contributed by atoms with van der Waals surface area (Å²) >= 11 is 0. The van der Waals surface area contributed by atoms with Gasteiger partial charge in [0.15, 0.2) is 0 Å². The van der Waals surface area contributed by atoms with Gasteiger partial charge in [-0.15, -0.1) is 0 Å². The SMILES string of the molecule is CC1(C)c2ccccc2-c2ccc(-c3c(-c4ccc5c(c4)C(C)(C)c4ccccc4-5)c4cc(-c5cc6ccccc6cc5-c5ccccc5)ccc4c4ccc(-c5ccc6ccccc6c5)cc34)cc21. The summed E-state index contributed by atoms with van der Waals surface area (Å²) in [7, 11) is 0. The van der Waals surface area contributed by atoms with Crippen LogP contribution in [0.5, 0.6) is 0 Å². The van der Waals surface area contributed by atoms with Gasteiger partial charge in [-0.1, -0.05) is 216 Å². The molecule has 0 atom stereocenters. The molecule has 330 valence electrons. The van der Waals surface area contributed by atoms with Gasteiger partial charge in [-0.3, -0.25) is 0 Å². The molecule has 0 radical (unpaired) electrons. The van der Waals surface area contributed by atoms with E-state index >= 15 is 0 Å². The van der Waals surface area contributed by atoms with Crippen molar-refractivity contribution in [2.24, 2.45) is 0 Å². The van der Waals surface area contributed by atoms with Crippen molar-refractivity contribution in [3.63, 3.8) is 0 Å². The van der Waals surface area contributed by atoms with Crippen molar-refractivity contribution >= 4 is 43.1 Å². The molecule has 0 unspecified atom stereocenters. The second-order valence-corrected chi connectivity index (χ2v) is 20.8. The van der Waals surface area contributed by atoms with Crippen LogP contribution in [-0.4, -0.2) is 0 Å². The number of fused-ring (bicyclic) bond motifs is 11. The van der Waals surface area contributed by atoms with E-state index in [-0.39, 0.29) is 10.8 Å². The van der Waals surface area contributed by atoms with Gasteiger partial charge < -0.3 is 0 Å². The van der Waals surface area contributed by atoms with E-state index in [1.54, 1.807) is 0 Å². The zero-order valence-corrected chi connectivity index (χ0v) is 39.9. The Morgan fingerprint density at radius 3 is 1.19 bits per heavy atom. The number of hydrogen-bond donors (Lipinski definition) is 0. The molecule has 0 heteroatoms. The Labute approximate surface area is 410 Å². The van der Waals surface area contributed by atoms with Crippen molar-refractivity contribution in [3.05, 3.63) is 253 Å². The Morgan fingerprint density at radius 1 is 0.214 bits per heavy atom. The molecule has 0 bridgehead atoms. The molecular formula is C70H50. The first-order valence-corrected chi connectivity index (χ1v) is 24.8. The molecule has 2 aliphatic rings. The highest BCUT2D eigenvalue weighted by atomic mass is 14.4. The lowest BCUT2D eigenvalue weighted by Crippen LogP contribution is -2.15. The van der Waals surface area contributed by atoms with Crippen molar-refractivity contribution < 1.29 is 0 Å². The summed E-state index contributed by atoms with van der Waals surface area (Å²) in [6.07, 6.45) is 0. The largest absolute Gasteiger partial charge is 0.0622 e. The summed E-state index contributed by atoms with van der Waals surface area (Å²) in [5.41, 5.74) is 22.9. The van der Waals surface area contributed by atoms with E-state index in [0.717, 1.165) is 0 Å². The average molecular weight is 891 g/mol. The van der Waals surface area contributed by atoms with Crippen LogP contribution in [0.3, 0.4) is 0 Å². The van der Waals surface area contributed by atoms with Crippen LogP contribution in [0.4, 0.5) is 0 Å². The van der Waals surface area contributed by atoms with Crippen LogP contribution >= 0.6 is 0 Å². The molecule has 0 heterocycles.